The number of carbonyl (C=O) groups excluding carboxylic acids is 1. The summed E-state index contributed by atoms with van der Waals surface area (Å²) in [6.45, 7) is 5.33. The Bertz CT molecular complexity index is 1490. The molecule has 12 heteroatoms. The summed E-state index contributed by atoms with van der Waals surface area (Å²) < 4.78 is 45.6. The summed E-state index contributed by atoms with van der Waals surface area (Å²) in [5, 5.41) is 7.50. The lowest BCUT2D eigenvalue weighted by Gasteiger charge is -2.32. The number of rotatable bonds is 6. The molecular weight excluding hydrogens is 535 g/mol. The Balaban J connectivity index is 1.28. The standard InChI is InChI=1S/C29H30F3N7O2/c30-29(31,32)28(40)34-22-8-6-21(7-9-22)25-35-26(38-14-16-41-17-15-38)24-18-33-39(27(24)36-25)23-10-12-37(13-11-23)19-20-4-2-1-3-5-20/h1-9,18,23H,10-17,19H2,(H,34,40). The molecule has 0 atom stereocenters. The number of amides is 1. The second-order valence-corrected chi connectivity index (χ2v) is 10.3. The van der Waals surface area contributed by atoms with Gasteiger partial charge in [0, 0.05) is 44.0 Å². The van der Waals surface area contributed by atoms with Crippen molar-refractivity contribution in [2.45, 2.75) is 31.6 Å². The maximum atomic E-state index is 12.7. The number of nitrogens with zero attached hydrogens (tertiary/aromatic N) is 6. The number of hydrogen-bond donors (Lipinski definition) is 1. The van der Waals surface area contributed by atoms with Crippen LogP contribution in [0, 0.1) is 0 Å². The number of benzene rings is 2. The van der Waals surface area contributed by atoms with Gasteiger partial charge in [-0.15, -0.1) is 0 Å². The molecule has 6 rings (SSSR count). The number of fused-ring (bicyclic) bond motifs is 1. The normalized spacial score (nSPS) is 17.2. The SMILES string of the molecule is O=C(Nc1ccc(-c2nc(N3CCOCC3)c3cnn(C4CCN(Cc5ccccc5)CC4)c3n2)cc1)C(F)(F)F. The Morgan fingerprint density at radius 1 is 0.951 bits per heavy atom. The van der Waals surface area contributed by atoms with Gasteiger partial charge in [0.15, 0.2) is 11.5 Å². The van der Waals surface area contributed by atoms with E-state index in [1.807, 2.05) is 22.3 Å². The van der Waals surface area contributed by atoms with Crippen molar-refractivity contribution in [1.29, 1.82) is 0 Å². The minimum absolute atomic E-state index is 0.0397. The lowest BCUT2D eigenvalue weighted by molar-refractivity contribution is -0.167. The Labute approximate surface area is 234 Å². The predicted octanol–water partition coefficient (Wildman–Crippen LogP) is 4.67. The van der Waals surface area contributed by atoms with E-state index in [0.29, 0.717) is 37.7 Å². The molecule has 0 bridgehead atoms. The van der Waals surface area contributed by atoms with Gasteiger partial charge in [0.25, 0.3) is 0 Å². The molecular formula is C29H30F3N7O2. The second-order valence-electron chi connectivity index (χ2n) is 10.3. The monoisotopic (exact) mass is 565 g/mol. The van der Waals surface area contributed by atoms with E-state index in [1.54, 1.807) is 12.1 Å². The maximum absolute atomic E-state index is 12.7. The lowest BCUT2D eigenvalue weighted by Crippen LogP contribution is -2.37. The van der Waals surface area contributed by atoms with Crippen LogP contribution in [0.15, 0.2) is 60.8 Å². The highest BCUT2D eigenvalue weighted by molar-refractivity contribution is 5.95. The number of ether oxygens (including phenoxy) is 1. The first kappa shape index (κ1) is 27.2. The number of carbonyl (C=O) groups is 1. The summed E-state index contributed by atoms with van der Waals surface area (Å²) >= 11 is 0. The van der Waals surface area contributed by atoms with Crippen molar-refractivity contribution in [1.82, 2.24) is 24.6 Å². The van der Waals surface area contributed by atoms with Crippen molar-refractivity contribution in [2.24, 2.45) is 0 Å². The molecule has 2 fully saturated rings. The molecule has 2 aliphatic heterocycles. The number of morpholine rings is 1. The van der Waals surface area contributed by atoms with E-state index in [0.717, 1.165) is 49.3 Å². The first-order chi connectivity index (χ1) is 19.8. The van der Waals surface area contributed by atoms with Crippen LogP contribution >= 0.6 is 0 Å². The largest absolute Gasteiger partial charge is 0.471 e. The zero-order chi connectivity index (χ0) is 28.4. The van der Waals surface area contributed by atoms with Gasteiger partial charge in [0.2, 0.25) is 0 Å². The maximum Gasteiger partial charge on any atom is 0.471 e. The molecule has 41 heavy (non-hydrogen) atoms. The number of likely N-dealkylation sites (tertiary alicyclic amines) is 1. The first-order valence-corrected chi connectivity index (χ1v) is 13.7. The van der Waals surface area contributed by atoms with Crippen molar-refractivity contribution >= 4 is 28.4 Å². The van der Waals surface area contributed by atoms with E-state index in [9.17, 15) is 18.0 Å². The minimum atomic E-state index is -4.96. The molecule has 2 aliphatic rings. The van der Waals surface area contributed by atoms with Crippen LogP contribution in [0.2, 0.25) is 0 Å². The topological polar surface area (TPSA) is 88.4 Å². The molecule has 1 amide bonds. The van der Waals surface area contributed by atoms with Crippen LogP contribution in [0.3, 0.4) is 0 Å². The third kappa shape index (κ3) is 6.03. The molecule has 2 saturated heterocycles. The molecule has 0 spiro atoms. The summed E-state index contributed by atoms with van der Waals surface area (Å²) in [6.07, 6.45) is -1.27. The van der Waals surface area contributed by atoms with Gasteiger partial charge >= 0.3 is 12.1 Å². The van der Waals surface area contributed by atoms with Crippen LogP contribution < -0.4 is 10.2 Å². The number of hydrogen-bond acceptors (Lipinski definition) is 7. The highest BCUT2D eigenvalue weighted by Gasteiger charge is 2.38. The Hall–Kier alpha value is -4.03. The van der Waals surface area contributed by atoms with Gasteiger partial charge in [-0.2, -0.15) is 18.3 Å². The molecule has 2 aromatic carbocycles. The third-order valence-electron chi connectivity index (χ3n) is 7.55. The number of aromatic nitrogens is 4. The fourth-order valence-corrected chi connectivity index (χ4v) is 5.39. The van der Waals surface area contributed by atoms with E-state index in [-0.39, 0.29) is 11.7 Å². The van der Waals surface area contributed by atoms with Crippen molar-refractivity contribution in [3.63, 3.8) is 0 Å². The van der Waals surface area contributed by atoms with Crippen LogP contribution in [0.5, 0.6) is 0 Å². The van der Waals surface area contributed by atoms with Gasteiger partial charge in [-0.05, 0) is 42.7 Å². The molecule has 1 N–H and O–H groups in total. The van der Waals surface area contributed by atoms with E-state index in [1.165, 1.54) is 17.7 Å². The first-order valence-electron chi connectivity index (χ1n) is 13.7. The lowest BCUT2D eigenvalue weighted by atomic mass is 10.0. The van der Waals surface area contributed by atoms with Gasteiger partial charge in [0.1, 0.15) is 5.82 Å². The van der Waals surface area contributed by atoms with Crippen LogP contribution in [-0.2, 0) is 16.1 Å². The fourth-order valence-electron chi connectivity index (χ4n) is 5.39. The molecule has 214 valence electrons. The number of alkyl halides is 3. The number of anilines is 2. The highest BCUT2D eigenvalue weighted by atomic mass is 19.4. The highest BCUT2D eigenvalue weighted by Crippen LogP contribution is 2.32. The van der Waals surface area contributed by atoms with Crippen molar-refractivity contribution in [2.75, 3.05) is 49.6 Å². The van der Waals surface area contributed by atoms with Crippen molar-refractivity contribution in [3.05, 3.63) is 66.4 Å². The molecule has 4 heterocycles. The average molecular weight is 566 g/mol. The second kappa shape index (κ2) is 11.5. The summed E-state index contributed by atoms with van der Waals surface area (Å²) in [4.78, 5) is 25.7. The summed E-state index contributed by atoms with van der Waals surface area (Å²) in [5.74, 6) is -0.817. The van der Waals surface area contributed by atoms with Crippen molar-refractivity contribution < 1.29 is 22.7 Å². The Kier molecular flexibility index (Phi) is 7.59. The molecule has 0 unspecified atom stereocenters. The summed E-state index contributed by atoms with van der Waals surface area (Å²) in [7, 11) is 0. The number of halogens is 3. The van der Waals surface area contributed by atoms with E-state index < -0.39 is 12.1 Å². The molecule has 9 nitrogen and oxygen atoms in total. The van der Waals surface area contributed by atoms with Gasteiger partial charge in [0.05, 0.1) is 30.8 Å². The van der Waals surface area contributed by atoms with Gasteiger partial charge in [-0.3, -0.25) is 9.69 Å². The molecule has 0 aliphatic carbocycles. The predicted molar refractivity (Wildman–Crippen MR) is 148 cm³/mol. The smallest absolute Gasteiger partial charge is 0.378 e. The van der Waals surface area contributed by atoms with Gasteiger partial charge in [-0.25, -0.2) is 14.6 Å². The quantitative estimate of drug-likeness (QED) is 0.364. The Morgan fingerprint density at radius 2 is 1.66 bits per heavy atom. The molecule has 0 radical (unpaired) electrons. The van der Waals surface area contributed by atoms with Crippen LogP contribution in [0.25, 0.3) is 22.4 Å². The van der Waals surface area contributed by atoms with Gasteiger partial charge in [-0.1, -0.05) is 30.3 Å². The van der Waals surface area contributed by atoms with E-state index in [2.05, 4.69) is 34.1 Å². The van der Waals surface area contributed by atoms with E-state index >= 15 is 0 Å². The number of piperidine rings is 1. The zero-order valence-electron chi connectivity index (χ0n) is 22.3. The van der Waals surface area contributed by atoms with Crippen molar-refractivity contribution in [3.8, 4) is 11.4 Å². The molecule has 2 aromatic heterocycles. The minimum Gasteiger partial charge on any atom is -0.378 e. The third-order valence-corrected chi connectivity index (χ3v) is 7.55. The molecule has 4 aromatic rings. The fraction of sp³-hybridized carbons (Fsp3) is 0.379. The summed E-state index contributed by atoms with van der Waals surface area (Å²) in [6, 6.07) is 16.7. The van der Waals surface area contributed by atoms with Gasteiger partial charge < -0.3 is 15.0 Å². The summed E-state index contributed by atoms with van der Waals surface area (Å²) in [5.41, 5.74) is 2.69. The van der Waals surface area contributed by atoms with Crippen LogP contribution in [0.1, 0.15) is 24.4 Å². The average Bonchev–Trinajstić information content (AvgIpc) is 3.42. The van der Waals surface area contributed by atoms with Crippen LogP contribution in [0.4, 0.5) is 24.7 Å². The zero-order valence-corrected chi connectivity index (χ0v) is 22.3. The van der Waals surface area contributed by atoms with E-state index in [4.69, 9.17) is 19.8 Å². The molecule has 0 saturated carbocycles. The number of nitrogens with one attached hydrogen (secondary N) is 1. The Morgan fingerprint density at radius 3 is 2.34 bits per heavy atom. The van der Waals surface area contributed by atoms with Crippen LogP contribution in [-0.4, -0.2) is 76.1 Å².